The topological polar surface area (TPSA) is 56.5 Å². The van der Waals surface area contributed by atoms with Crippen LogP contribution in [-0.2, 0) is 19.4 Å². The molecule has 2 aromatic heterocycles. The van der Waals surface area contributed by atoms with Crippen molar-refractivity contribution in [2.24, 2.45) is 7.05 Å². The predicted molar refractivity (Wildman–Crippen MR) is 99.4 cm³/mol. The van der Waals surface area contributed by atoms with Crippen LogP contribution in [0.5, 0.6) is 0 Å². The number of benzene rings is 1. The van der Waals surface area contributed by atoms with Crippen LogP contribution in [0.2, 0.25) is 5.15 Å². The number of halogens is 7. The molecule has 0 radical (unpaired) electrons. The highest BCUT2D eigenvalue weighted by Crippen LogP contribution is 2.38. The Bertz CT molecular complexity index is 1050. The lowest BCUT2D eigenvalue weighted by Gasteiger charge is -2.13. The first-order valence-corrected chi connectivity index (χ1v) is 10.3. The Morgan fingerprint density at radius 3 is 2.03 bits per heavy atom. The van der Waals surface area contributed by atoms with Gasteiger partial charge in [-0.2, -0.15) is 31.4 Å². The van der Waals surface area contributed by atoms with Crippen LogP contribution in [0.15, 0.2) is 39.6 Å². The minimum Gasteiger partial charge on any atom is -0.243 e. The van der Waals surface area contributed by atoms with Gasteiger partial charge >= 0.3 is 12.4 Å². The fourth-order valence-corrected chi connectivity index (χ4v) is 3.81. The third-order valence-corrected chi connectivity index (χ3v) is 5.30. The lowest BCUT2D eigenvalue weighted by atomic mass is 10.0. The zero-order valence-corrected chi connectivity index (χ0v) is 17.4. The minimum atomic E-state index is -4.96. The molecule has 3 rings (SSSR count). The van der Waals surface area contributed by atoms with Gasteiger partial charge in [0.15, 0.2) is 16.1 Å². The summed E-state index contributed by atoms with van der Waals surface area (Å²) in [5.41, 5.74) is -3.30. The molecule has 2 heterocycles. The van der Waals surface area contributed by atoms with Gasteiger partial charge in [0.05, 0.1) is 11.1 Å². The quantitative estimate of drug-likeness (QED) is 0.200. The average Bonchev–Trinajstić information content (AvgIpc) is 3.00. The number of nitrogens with zero attached hydrogens (tertiary/aromatic N) is 5. The Morgan fingerprint density at radius 2 is 1.50 bits per heavy atom. The molecule has 14 heteroatoms. The first kappa shape index (κ1) is 22.7. The molecule has 0 aliphatic heterocycles. The molecule has 0 unspecified atom stereocenters. The van der Waals surface area contributed by atoms with Crippen molar-refractivity contribution in [2.45, 2.75) is 27.7 Å². The maximum absolute atomic E-state index is 13.1. The normalized spacial score (nSPS) is 12.4. The number of aryl methyl sites for hydroxylation is 1. The number of rotatable bonds is 4. The van der Waals surface area contributed by atoms with Gasteiger partial charge in [0.2, 0.25) is 0 Å². The van der Waals surface area contributed by atoms with Crippen LogP contribution in [0.3, 0.4) is 0 Å². The number of hydrogen-bond acceptors (Lipinski definition) is 6. The number of hydrogen-bond donors (Lipinski definition) is 0. The van der Waals surface area contributed by atoms with Crippen molar-refractivity contribution < 1.29 is 26.3 Å². The Morgan fingerprint density at radius 1 is 0.900 bits per heavy atom. The number of alkyl halides is 6. The second-order valence-electron chi connectivity index (χ2n) is 5.75. The summed E-state index contributed by atoms with van der Waals surface area (Å²) in [7, 11) is 1.45. The van der Waals surface area contributed by atoms with Gasteiger partial charge in [-0.3, -0.25) is 0 Å². The molecule has 3 aromatic rings. The smallest absolute Gasteiger partial charge is 0.243 e. The van der Waals surface area contributed by atoms with E-state index in [1.54, 1.807) is 6.26 Å². The van der Waals surface area contributed by atoms with E-state index in [2.05, 4.69) is 20.1 Å². The summed E-state index contributed by atoms with van der Waals surface area (Å²) in [5, 5.41) is 5.10. The highest BCUT2D eigenvalue weighted by molar-refractivity contribution is 7.99. The van der Waals surface area contributed by atoms with E-state index >= 15 is 0 Å². The standard InChI is InChI=1S/C16H10ClF6N5S2/c1-28-14(30-11-6-10(17)24-13(25-11)29-2)26-12(27-28)7-3-8(15(18,19)20)5-9(4-7)16(21,22)23/h3-6H,1-2H3. The first-order chi connectivity index (χ1) is 13.9. The SMILES string of the molecule is CSc1nc(Cl)cc(Sc2nc(-c3cc(C(F)(F)F)cc(C(F)(F)F)c3)nn2C)n1. The van der Waals surface area contributed by atoms with Crippen molar-refractivity contribution in [3.8, 4) is 11.4 Å². The molecule has 0 spiro atoms. The summed E-state index contributed by atoms with van der Waals surface area (Å²) in [6.07, 6.45) is -8.19. The molecule has 0 saturated heterocycles. The zero-order valence-electron chi connectivity index (χ0n) is 15.0. The highest BCUT2D eigenvalue weighted by atomic mass is 35.5. The highest BCUT2D eigenvalue weighted by Gasteiger charge is 2.37. The Labute approximate surface area is 179 Å². The zero-order chi connectivity index (χ0) is 22.3. The number of aromatic nitrogens is 5. The molecular weight excluding hydrogens is 476 g/mol. The van der Waals surface area contributed by atoms with Gasteiger partial charge in [-0.15, -0.1) is 0 Å². The van der Waals surface area contributed by atoms with Crippen molar-refractivity contribution in [2.75, 3.05) is 6.26 Å². The van der Waals surface area contributed by atoms with Crippen LogP contribution in [0.25, 0.3) is 11.4 Å². The van der Waals surface area contributed by atoms with Crippen molar-refractivity contribution in [1.29, 1.82) is 0 Å². The molecule has 0 aliphatic rings. The Hall–Kier alpha value is -1.99. The molecule has 160 valence electrons. The van der Waals surface area contributed by atoms with Gasteiger partial charge < -0.3 is 0 Å². The Balaban J connectivity index is 2.03. The van der Waals surface area contributed by atoms with E-state index in [4.69, 9.17) is 11.6 Å². The van der Waals surface area contributed by atoms with Crippen molar-refractivity contribution in [1.82, 2.24) is 24.7 Å². The first-order valence-electron chi connectivity index (χ1n) is 7.84. The molecule has 0 saturated carbocycles. The fourth-order valence-electron chi connectivity index (χ4n) is 2.28. The summed E-state index contributed by atoms with van der Waals surface area (Å²) in [6, 6.07) is 2.65. The molecule has 0 N–H and O–H groups in total. The van der Waals surface area contributed by atoms with Gasteiger partial charge in [-0.25, -0.2) is 19.6 Å². The second kappa shape index (κ2) is 8.27. The summed E-state index contributed by atoms with van der Waals surface area (Å²) in [5.74, 6) is -0.290. The molecule has 0 atom stereocenters. The molecule has 1 aromatic carbocycles. The largest absolute Gasteiger partial charge is 0.416 e. The van der Waals surface area contributed by atoms with Gasteiger partial charge in [0.25, 0.3) is 0 Å². The van der Waals surface area contributed by atoms with Crippen molar-refractivity contribution in [3.63, 3.8) is 0 Å². The van der Waals surface area contributed by atoms with Crippen LogP contribution >= 0.6 is 35.1 Å². The summed E-state index contributed by atoms with van der Waals surface area (Å²) >= 11 is 8.16. The molecular formula is C16H10ClF6N5S2. The second-order valence-corrected chi connectivity index (χ2v) is 7.90. The van der Waals surface area contributed by atoms with Crippen molar-refractivity contribution in [3.05, 3.63) is 40.5 Å². The van der Waals surface area contributed by atoms with E-state index in [9.17, 15) is 26.3 Å². The average molecular weight is 486 g/mol. The molecule has 0 bridgehead atoms. The van der Waals surface area contributed by atoms with E-state index in [0.717, 1.165) is 11.8 Å². The fraction of sp³-hybridized carbons (Fsp3) is 0.250. The van der Waals surface area contributed by atoms with Crippen LogP contribution in [0.4, 0.5) is 26.3 Å². The van der Waals surface area contributed by atoms with Crippen LogP contribution in [-0.4, -0.2) is 31.0 Å². The lowest BCUT2D eigenvalue weighted by molar-refractivity contribution is -0.143. The van der Waals surface area contributed by atoms with E-state index < -0.39 is 29.0 Å². The maximum Gasteiger partial charge on any atom is 0.416 e. The Kier molecular flexibility index (Phi) is 6.25. The van der Waals surface area contributed by atoms with E-state index in [-0.39, 0.29) is 22.2 Å². The molecule has 5 nitrogen and oxygen atoms in total. The van der Waals surface area contributed by atoms with E-state index in [0.29, 0.717) is 22.3 Å². The molecule has 0 aliphatic carbocycles. The van der Waals surface area contributed by atoms with E-state index in [1.807, 2.05) is 0 Å². The van der Waals surface area contributed by atoms with Gasteiger partial charge in [-0.1, -0.05) is 23.4 Å². The van der Waals surface area contributed by atoms with Gasteiger partial charge in [0, 0.05) is 18.7 Å². The third-order valence-electron chi connectivity index (χ3n) is 3.60. The molecule has 30 heavy (non-hydrogen) atoms. The van der Waals surface area contributed by atoms with Gasteiger partial charge in [0.1, 0.15) is 10.2 Å². The molecule has 0 amide bonds. The van der Waals surface area contributed by atoms with Crippen LogP contribution in [0, 0.1) is 0 Å². The monoisotopic (exact) mass is 485 g/mol. The van der Waals surface area contributed by atoms with Crippen molar-refractivity contribution >= 4 is 35.1 Å². The predicted octanol–water partition coefficient (Wildman–Crippen LogP) is 5.84. The van der Waals surface area contributed by atoms with Crippen LogP contribution in [0.1, 0.15) is 11.1 Å². The summed E-state index contributed by atoms with van der Waals surface area (Å²) in [4.78, 5) is 12.3. The third kappa shape index (κ3) is 5.19. The minimum absolute atomic E-state index is 0.0505. The lowest BCUT2D eigenvalue weighted by Crippen LogP contribution is -2.11. The summed E-state index contributed by atoms with van der Waals surface area (Å²) in [6.45, 7) is 0. The van der Waals surface area contributed by atoms with Crippen LogP contribution < -0.4 is 0 Å². The van der Waals surface area contributed by atoms with Gasteiger partial charge in [-0.05, 0) is 36.2 Å². The summed E-state index contributed by atoms with van der Waals surface area (Å²) < 4.78 is 79.7. The molecule has 0 fully saturated rings. The maximum atomic E-state index is 13.1. The number of thioether (sulfide) groups is 1. The van der Waals surface area contributed by atoms with E-state index in [1.165, 1.54) is 29.6 Å².